The summed E-state index contributed by atoms with van der Waals surface area (Å²) in [6.07, 6.45) is 0.361. The van der Waals surface area contributed by atoms with Crippen LogP contribution in [0.5, 0.6) is 5.88 Å². The molecule has 0 aliphatic carbocycles. The minimum Gasteiger partial charge on any atom is -0.491 e. The number of ether oxygens (including phenoxy) is 1. The zero-order chi connectivity index (χ0) is 25.4. The number of nitrogens with one attached hydrogen (secondary N) is 1. The van der Waals surface area contributed by atoms with E-state index in [9.17, 15) is 19.8 Å². The number of aromatic nitrogens is 1. The van der Waals surface area contributed by atoms with Crippen LogP contribution in [0, 0.1) is 5.41 Å². The van der Waals surface area contributed by atoms with Crippen LogP contribution in [-0.2, 0) is 16.0 Å². The Hall–Kier alpha value is -3.40. The van der Waals surface area contributed by atoms with E-state index < -0.39 is 29.2 Å². The van der Waals surface area contributed by atoms with Gasteiger partial charge in [0.1, 0.15) is 0 Å². The van der Waals surface area contributed by atoms with E-state index in [1.807, 2.05) is 42.5 Å². The molecule has 0 aliphatic rings. The summed E-state index contributed by atoms with van der Waals surface area (Å²) in [5, 5.41) is 34.9. The van der Waals surface area contributed by atoms with Crippen molar-refractivity contribution in [3.63, 3.8) is 0 Å². The Kier molecular flexibility index (Phi) is 8.86. The van der Waals surface area contributed by atoms with E-state index in [1.54, 1.807) is 6.07 Å². The van der Waals surface area contributed by atoms with Crippen molar-refractivity contribution in [3.8, 4) is 17.0 Å². The number of nitrogens with zero attached hydrogens (tertiary/aromatic N) is 1. The molecule has 0 saturated heterocycles. The largest absolute Gasteiger partial charge is 0.491 e. The summed E-state index contributed by atoms with van der Waals surface area (Å²) >= 11 is 6.09. The summed E-state index contributed by atoms with van der Waals surface area (Å²) in [5.74, 6) is -2.36. The van der Waals surface area contributed by atoms with Gasteiger partial charge >= 0.3 is 5.97 Å². The maximum Gasteiger partial charge on any atom is 0.311 e. The Morgan fingerprint density at radius 3 is 2.51 bits per heavy atom. The first kappa shape index (κ1) is 26.2. The molecule has 2 aromatic carbocycles. The van der Waals surface area contributed by atoms with Crippen LogP contribution in [0.3, 0.4) is 0 Å². The van der Waals surface area contributed by atoms with Crippen molar-refractivity contribution in [2.24, 2.45) is 5.41 Å². The van der Waals surface area contributed by atoms with Gasteiger partial charge in [-0.1, -0.05) is 48.0 Å². The molecule has 0 fully saturated rings. The third-order valence-electron chi connectivity index (χ3n) is 5.52. The predicted octanol–water partition coefficient (Wildman–Crippen LogP) is 3.53. The van der Waals surface area contributed by atoms with Crippen LogP contribution < -0.4 is 5.32 Å². The van der Waals surface area contributed by atoms with Crippen LogP contribution in [0.1, 0.15) is 29.5 Å². The number of aliphatic hydroxyl groups excluding tert-OH is 1. The van der Waals surface area contributed by atoms with Gasteiger partial charge in [-0.15, -0.1) is 0 Å². The molecule has 0 radical (unpaired) electrons. The highest BCUT2D eigenvalue weighted by Crippen LogP contribution is 2.28. The van der Waals surface area contributed by atoms with Crippen LogP contribution >= 0.6 is 11.6 Å². The topological polar surface area (TPSA) is 142 Å². The highest BCUT2D eigenvalue weighted by molar-refractivity contribution is 6.30. The van der Waals surface area contributed by atoms with E-state index in [4.69, 9.17) is 26.0 Å². The second kappa shape index (κ2) is 11.8. The molecule has 1 amide bonds. The van der Waals surface area contributed by atoms with Crippen molar-refractivity contribution in [2.75, 3.05) is 19.8 Å². The number of hydrogen-bond donors (Lipinski definition) is 4. The third-order valence-corrected chi connectivity index (χ3v) is 5.76. The van der Waals surface area contributed by atoms with Gasteiger partial charge in [0.05, 0.1) is 31.3 Å². The Morgan fingerprint density at radius 1 is 1.17 bits per heavy atom. The van der Waals surface area contributed by atoms with E-state index in [-0.39, 0.29) is 32.0 Å². The van der Waals surface area contributed by atoms with Crippen LogP contribution in [0.2, 0.25) is 5.02 Å². The average molecular weight is 503 g/mol. The number of aliphatic carboxylic acids is 1. The molecule has 4 N–H and O–H groups in total. The van der Waals surface area contributed by atoms with Gasteiger partial charge in [0.2, 0.25) is 5.76 Å². The number of aromatic hydroxyl groups is 1. The van der Waals surface area contributed by atoms with Crippen LogP contribution in [0.15, 0.2) is 59.1 Å². The molecule has 1 heterocycles. The molecule has 3 rings (SSSR count). The lowest BCUT2D eigenvalue weighted by Crippen LogP contribution is -2.44. The fourth-order valence-corrected chi connectivity index (χ4v) is 3.89. The van der Waals surface area contributed by atoms with Gasteiger partial charge in [0.25, 0.3) is 11.8 Å². The summed E-state index contributed by atoms with van der Waals surface area (Å²) < 4.78 is 10.1. The van der Waals surface area contributed by atoms with Crippen molar-refractivity contribution < 1.29 is 34.2 Å². The molecule has 2 atom stereocenters. The molecule has 0 saturated carbocycles. The molecule has 0 aliphatic heterocycles. The first-order valence-corrected chi connectivity index (χ1v) is 11.3. The molecule has 1 aromatic heterocycles. The number of halogens is 1. The maximum absolute atomic E-state index is 12.7. The average Bonchev–Trinajstić information content (AvgIpc) is 3.26. The third kappa shape index (κ3) is 7.29. The fraction of sp³-hybridized carbons (Fsp3) is 0.320. The summed E-state index contributed by atoms with van der Waals surface area (Å²) in [6, 6.07) is 15.6. The van der Waals surface area contributed by atoms with E-state index in [0.717, 1.165) is 22.8 Å². The first-order valence-electron chi connectivity index (χ1n) is 10.9. The van der Waals surface area contributed by atoms with Crippen molar-refractivity contribution in [3.05, 3.63) is 70.9 Å². The molecule has 3 aromatic rings. The smallest absolute Gasteiger partial charge is 0.311 e. The number of carbonyl (C=O) groups excluding carboxylic acids is 1. The van der Waals surface area contributed by atoms with Crippen LogP contribution in [0.25, 0.3) is 11.1 Å². The second-order valence-electron chi connectivity index (χ2n) is 8.48. The summed E-state index contributed by atoms with van der Waals surface area (Å²) in [4.78, 5) is 24.7. The lowest BCUT2D eigenvalue weighted by atomic mass is 9.82. The normalized spacial score (nSPS) is 13.7. The number of rotatable bonds is 12. The van der Waals surface area contributed by atoms with E-state index in [2.05, 4.69) is 10.5 Å². The number of amides is 1. The standard InChI is InChI=1S/C25H27ClN2O7/c1-25(24(32)33,15-34-10-9-29)14-20(27-23(31)21-13-22(30)28-35-21)11-16-5-7-17(8-6-16)18-3-2-4-19(26)12-18/h2-8,12-13,20,29H,9-11,14-15H2,1H3,(H,27,31)(H,28,30)(H,32,33)/t20-,25+/m1/s1. The molecule has 9 nitrogen and oxygen atoms in total. The van der Waals surface area contributed by atoms with Gasteiger partial charge in [0.15, 0.2) is 0 Å². The molecular weight excluding hydrogens is 476 g/mol. The van der Waals surface area contributed by atoms with Crippen molar-refractivity contribution in [1.29, 1.82) is 0 Å². The Morgan fingerprint density at radius 2 is 1.91 bits per heavy atom. The molecule has 0 spiro atoms. The van der Waals surface area contributed by atoms with Gasteiger partial charge in [0, 0.05) is 11.1 Å². The lowest BCUT2D eigenvalue weighted by Gasteiger charge is -2.30. The van der Waals surface area contributed by atoms with Gasteiger partial charge in [-0.3, -0.25) is 9.59 Å². The Balaban J connectivity index is 1.81. The van der Waals surface area contributed by atoms with Crippen molar-refractivity contribution in [1.82, 2.24) is 10.5 Å². The zero-order valence-electron chi connectivity index (χ0n) is 19.1. The number of hydrogen-bond acceptors (Lipinski definition) is 7. The molecule has 0 unspecified atom stereocenters. The molecule has 186 valence electrons. The molecule has 0 bridgehead atoms. The summed E-state index contributed by atoms with van der Waals surface area (Å²) in [5.41, 5.74) is 1.45. The van der Waals surface area contributed by atoms with Crippen LogP contribution in [0.4, 0.5) is 0 Å². The number of carboxylic acid groups (broad SMARTS) is 1. The summed E-state index contributed by atoms with van der Waals surface area (Å²) in [7, 11) is 0. The van der Waals surface area contributed by atoms with E-state index in [0.29, 0.717) is 11.4 Å². The quantitative estimate of drug-likeness (QED) is 0.275. The SMILES string of the molecule is C[C@@](COCCO)(C[C@@H](Cc1ccc(-c2cccc(Cl)c2)cc1)NC(=O)c1cc(O)no1)C(=O)O. The minimum absolute atomic E-state index is 0.00218. The lowest BCUT2D eigenvalue weighted by molar-refractivity contribution is -0.153. The second-order valence-corrected chi connectivity index (χ2v) is 8.91. The molecule has 10 heteroatoms. The summed E-state index contributed by atoms with van der Waals surface area (Å²) in [6.45, 7) is 1.15. The number of carboxylic acids is 1. The van der Waals surface area contributed by atoms with E-state index in [1.165, 1.54) is 6.92 Å². The fourth-order valence-electron chi connectivity index (χ4n) is 3.70. The first-order chi connectivity index (χ1) is 16.7. The maximum atomic E-state index is 12.7. The van der Waals surface area contributed by atoms with Gasteiger partial charge in [-0.2, -0.15) is 0 Å². The van der Waals surface area contributed by atoms with Gasteiger partial charge in [-0.25, -0.2) is 0 Å². The Labute approximate surface area is 207 Å². The minimum atomic E-state index is -1.34. The van der Waals surface area contributed by atoms with E-state index >= 15 is 0 Å². The molecule has 35 heavy (non-hydrogen) atoms. The monoisotopic (exact) mass is 502 g/mol. The number of benzene rings is 2. The highest BCUT2D eigenvalue weighted by Gasteiger charge is 2.37. The Bertz CT molecular complexity index is 1150. The van der Waals surface area contributed by atoms with Crippen molar-refractivity contribution in [2.45, 2.75) is 25.8 Å². The zero-order valence-corrected chi connectivity index (χ0v) is 19.9. The highest BCUT2D eigenvalue weighted by atomic mass is 35.5. The molecular formula is C25H27ClN2O7. The number of carbonyl (C=O) groups is 2. The van der Waals surface area contributed by atoms with Gasteiger partial charge < -0.3 is 29.9 Å². The van der Waals surface area contributed by atoms with Gasteiger partial charge in [-0.05, 0) is 53.7 Å². The van der Waals surface area contributed by atoms with Crippen LogP contribution in [-0.4, -0.2) is 58.2 Å². The number of aliphatic hydroxyl groups is 1. The van der Waals surface area contributed by atoms with Crippen molar-refractivity contribution >= 4 is 23.5 Å². The predicted molar refractivity (Wildman–Crippen MR) is 128 cm³/mol.